The summed E-state index contributed by atoms with van der Waals surface area (Å²) in [6.45, 7) is 6.70. The first-order valence-electron chi connectivity index (χ1n) is 9.33. The monoisotopic (exact) mass is 409 g/mol. The molecule has 1 aromatic rings. The van der Waals surface area contributed by atoms with Gasteiger partial charge in [0.25, 0.3) is 0 Å². The number of ketones is 1. The van der Waals surface area contributed by atoms with E-state index in [1.54, 1.807) is 0 Å². The fourth-order valence-corrected chi connectivity index (χ4v) is 4.29. The zero-order valence-electron chi connectivity index (χ0n) is 17.8. The number of benzene rings is 1. The van der Waals surface area contributed by atoms with E-state index in [-0.39, 0.29) is 10.8 Å². The highest BCUT2D eigenvalue weighted by Crippen LogP contribution is 2.65. The van der Waals surface area contributed by atoms with E-state index in [0.29, 0.717) is 11.7 Å². The van der Waals surface area contributed by atoms with Crippen LogP contribution >= 0.6 is 0 Å². The Morgan fingerprint density at radius 3 is 2.00 bits per heavy atom. The van der Waals surface area contributed by atoms with Gasteiger partial charge in [0.15, 0.2) is 5.78 Å². The predicted octanol–water partition coefficient (Wildman–Crippen LogP) is 3.38. The van der Waals surface area contributed by atoms with Gasteiger partial charge in [0, 0.05) is 5.41 Å². The van der Waals surface area contributed by atoms with E-state index in [9.17, 15) is 17.8 Å². The van der Waals surface area contributed by atoms with Gasteiger partial charge in [-0.3, -0.25) is 13.5 Å². The summed E-state index contributed by atoms with van der Waals surface area (Å²) in [6, 6.07) is 8.61. The third-order valence-corrected chi connectivity index (χ3v) is 6.97. The van der Waals surface area contributed by atoms with Crippen molar-refractivity contribution in [2.45, 2.75) is 33.6 Å². The van der Waals surface area contributed by atoms with Crippen molar-refractivity contribution >= 4 is 27.9 Å². The van der Waals surface area contributed by atoms with E-state index in [4.69, 9.17) is 0 Å². The van der Waals surface area contributed by atoms with Crippen LogP contribution in [0.25, 0.3) is 6.08 Å². The number of hydrogen-bond donors (Lipinski definition) is 0. The molecule has 0 N–H and O–H groups in total. The Morgan fingerprint density at radius 2 is 1.64 bits per heavy atom. The van der Waals surface area contributed by atoms with Crippen molar-refractivity contribution in [3.05, 3.63) is 35.4 Å². The smallest absolute Gasteiger partial charge is 0.217 e. The van der Waals surface area contributed by atoms with E-state index in [1.807, 2.05) is 0 Å². The van der Waals surface area contributed by atoms with Gasteiger partial charge in [-0.25, -0.2) is 8.42 Å². The number of Topliss-reactive ketones (excluding diaryl/α,β-unsaturated/α-hetero) is 1. The molecule has 2 aliphatic rings. The molecule has 2 atom stereocenters. The molecular formula is C21H31NO5S. The molecule has 2 unspecified atom stereocenters. The van der Waals surface area contributed by atoms with Crippen LogP contribution in [0.1, 0.15) is 39.2 Å². The maximum atomic E-state index is 12.9. The molecule has 0 aromatic heterocycles. The van der Waals surface area contributed by atoms with Gasteiger partial charge < -0.3 is 4.55 Å². The summed E-state index contributed by atoms with van der Waals surface area (Å²) in [5, 5.41) is 0. The van der Waals surface area contributed by atoms with Crippen molar-refractivity contribution in [3.63, 3.8) is 0 Å². The average molecular weight is 410 g/mol. The largest absolute Gasteiger partial charge is 0.726 e. The molecule has 0 heterocycles. The summed E-state index contributed by atoms with van der Waals surface area (Å²) < 4.78 is 31.8. The van der Waals surface area contributed by atoms with Crippen LogP contribution < -0.4 is 4.48 Å². The molecule has 2 saturated carbocycles. The number of rotatable bonds is 3. The van der Waals surface area contributed by atoms with E-state index >= 15 is 0 Å². The molecule has 0 radical (unpaired) electrons. The van der Waals surface area contributed by atoms with Gasteiger partial charge in [0.2, 0.25) is 10.4 Å². The predicted molar refractivity (Wildman–Crippen MR) is 110 cm³/mol. The second-order valence-electron chi connectivity index (χ2n) is 9.25. The highest BCUT2D eigenvalue weighted by atomic mass is 32.3. The van der Waals surface area contributed by atoms with E-state index in [2.05, 4.69) is 76.4 Å². The number of fused-ring (bicyclic) bond motifs is 2. The molecule has 28 heavy (non-hydrogen) atoms. The Labute approximate surface area is 168 Å². The minimum absolute atomic E-state index is 0.0954. The number of hydrogen-bond acceptors (Lipinski definition) is 5. The average Bonchev–Trinajstić information content (AvgIpc) is 2.88. The second-order valence-corrected chi connectivity index (χ2v) is 10.4. The van der Waals surface area contributed by atoms with Crippen molar-refractivity contribution in [2.24, 2.45) is 16.7 Å². The topological polar surface area (TPSA) is 83.5 Å². The molecule has 2 fully saturated rings. The lowest BCUT2D eigenvalue weighted by atomic mass is 9.70. The first kappa shape index (κ1) is 22.7. The zero-order chi connectivity index (χ0) is 21.5. The van der Waals surface area contributed by atoms with Gasteiger partial charge in [-0.2, -0.15) is 0 Å². The van der Waals surface area contributed by atoms with Crippen molar-refractivity contribution in [1.29, 1.82) is 0 Å². The molecule has 0 aliphatic heterocycles. The first-order valence-corrected chi connectivity index (χ1v) is 10.7. The molecule has 0 saturated heterocycles. The molecule has 2 aliphatic carbocycles. The number of carbonyl (C=O) groups excluding carboxylic acids is 1. The van der Waals surface area contributed by atoms with Gasteiger partial charge in [-0.05, 0) is 65.7 Å². The molecule has 1 aromatic carbocycles. The van der Waals surface area contributed by atoms with Gasteiger partial charge in [-0.1, -0.05) is 20.8 Å². The molecule has 7 heteroatoms. The SMILES string of the molecule is CC12CCC(/C(=C/c3ccc([N+](C)(C)C)cc3)C1=O)C2(C)C.COS(=O)(=O)[O-]. The second kappa shape index (κ2) is 7.37. The summed E-state index contributed by atoms with van der Waals surface area (Å²) >= 11 is 0. The number of allylic oxidation sites excluding steroid dienone is 1. The fourth-order valence-electron chi connectivity index (χ4n) is 4.29. The van der Waals surface area contributed by atoms with Crippen LogP contribution in [0, 0.1) is 16.7 Å². The summed E-state index contributed by atoms with van der Waals surface area (Å²) in [5.74, 6) is 0.799. The Balaban J connectivity index is 0.000000409. The third-order valence-electron chi connectivity index (χ3n) is 6.56. The highest BCUT2D eigenvalue weighted by molar-refractivity contribution is 7.80. The molecule has 2 bridgehead atoms. The van der Waals surface area contributed by atoms with Crippen molar-refractivity contribution in [1.82, 2.24) is 4.48 Å². The maximum Gasteiger partial charge on any atom is 0.217 e. The van der Waals surface area contributed by atoms with E-state index in [0.717, 1.165) is 35.6 Å². The lowest BCUT2D eigenvalue weighted by Crippen LogP contribution is -2.34. The quantitative estimate of drug-likeness (QED) is 0.331. The molecule has 0 amide bonds. The summed E-state index contributed by atoms with van der Waals surface area (Å²) in [6.07, 6.45) is 4.33. The molecule has 156 valence electrons. The molecular weight excluding hydrogens is 378 g/mol. The maximum absolute atomic E-state index is 12.9. The van der Waals surface area contributed by atoms with Crippen LogP contribution in [0.15, 0.2) is 29.8 Å². The Bertz CT molecular complexity index is 878. The van der Waals surface area contributed by atoms with Crippen molar-refractivity contribution in [2.75, 3.05) is 28.3 Å². The van der Waals surface area contributed by atoms with Crippen molar-refractivity contribution in [3.8, 4) is 0 Å². The van der Waals surface area contributed by atoms with E-state index < -0.39 is 10.4 Å². The summed E-state index contributed by atoms with van der Waals surface area (Å²) in [7, 11) is 2.88. The number of nitrogens with zero attached hydrogens (tertiary/aromatic N) is 1. The van der Waals surface area contributed by atoms with Crippen LogP contribution in [0.2, 0.25) is 0 Å². The van der Waals surface area contributed by atoms with Crippen LogP contribution in [-0.4, -0.2) is 47.0 Å². The lowest BCUT2D eigenvalue weighted by Gasteiger charge is -2.31. The Hall–Kier alpha value is -1.54. The number of carbonyl (C=O) groups is 1. The zero-order valence-corrected chi connectivity index (χ0v) is 18.6. The minimum atomic E-state index is -4.41. The molecule has 0 spiro atoms. The molecule has 3 rings (SSSR count). The van der Waals surface area contributed by atoms with Crippen LogP contribution in [0.3, 0.4) is 0 Å². The van der Waals surface area contributed by atoms with Gasteiger partial charge in [0.05, 0.1) is 28.3 Å². The van der Waals surface area contributed by atoms with Gasteiger partial charge >= 0.3 is 0 Å². The van der Waals surface area contributed by atoms with Crippen molar-refractivity contribution < 1.29 is 21.9 Å². The Morgan fingerprint density at radius 1 is 1.14 bits per heavy atom. The summed E-state index contributed by atoms with van der Waals surface area (Å²) in [4.78, 5) is 12.9. The molecule has 6 nitrogen and oxygen atoms in total. The fraction of sp³-hybridized carbons (Fsp3) is 0.571. The van der Waals surface area contributed by atoms with E-state index in [1.165, 1.54) is 5.69 Å². The third kappa shape index (κ3) is 4.22. The van der Waals surface area contributed by atoms with Gasteiger partial charge in [0.1, 0.15) is 5.69 Å². The first-order chi connectivity index (χ1) is 12.6. The number of quaternary nitrogens is 1. The van der Waals surface area contributed by atoms with Crippen LogP contribution in [0.4, 0.5) is 5.69 Å². The highest BCUT2D eigenvalue weighted by Gasteiger charge is 2.63. The van der Waals surface area contributed by atoms with Crippen LogP contribution in [0.5, 0.6) is 0 Å². The normalized spacial score (nSPS) is 27.6. The standard InChI is InChI=1S/C20H28NO.CH4O4S/c1-19(2)17-11-12-20(19,3)18(22)16(17)13-14-7-9-15(10-8-14)21(4,5)6;1-5-6(2,3)4/h7-10,13,17H,11-12H2,1-6H3;1H3,(H,2,3,4)/q+1;/p-1/b16-13-;. The minimum Gasteiger partial charge on any atom is -0.726 e. The lowest BCUT2D eigenvalue weighted by molar-refractivity contribution is -0.125. The van der Waals surface area contributed by atoms with Gasteiger partial charge in [-0.15, -0.1) is 0 Å². The Kier molecular flexibility index (Phi) is 5.99. The van der Waals surface area contributed by atoms with Crippen LogP contribution in [-0.2, 0) is 19.4 Å². The summed E-state index contributed by atoms with van der Waals surface area (Å²) in [5.41, 5.74) is 3.40.